The van der Waals surface area contributed by atoms with Gasteiger partial charge >= 0.3 is 0 Å². The number of hydrogen-bond donors (Lipinski definition) is 1. The highest BCUT2D eigenvalue weighted by Gasteiger charge is 2.10. The number of hydrogen-bond acceptors (Lipinski definition) is 5. The molecule has 32 heavy (non-hydrogen) atoms. The van der Waals surface area contributed by atoms with Crippen molar-refractivity contribution in [3.63, 3.8) is 0 Å². The second kappa shape index (κ2) is 10.9. The monoisotopic (exact) mass is 433 g/mol. The highest BCUT2D eigenvalue weighted by atomic mass is 16.5. The number of amides is 1. The lowest BCUT2D eigenvalue weighted by molar-refractivity contribution is -0.118. The number of ether oxygens (including phenoxy) is 2. The Labute approximate surface area is 187 Å². The highest BCUT2D eigenvalue weighted by Crippen LogP contribution is 2.29. The fraction of sp³-hybridized carbons (Fsp3) is 0.240. The van der Waals surface area contributed by atoms with Crippen LogP contribution >= 0.6 is 0 Å². The number of ketones is 1. The molecule has 7 heteroatoms. The van der Waals surface area contributed by atoms with Gasteiger partial charge in [-0.1, -0.05) is 30.3 Å². The maximum Gasteiger partial charge on any atom is 0.262 e. The minimum atomic E-state index is -0.260. The number of anilines is 1. The maximum atomic E-state index is 12.3. The maximum absolute atomic E-state index is 12.3. The molecule has 0 unspecified atom stereocenters. The van der Waals surface area contributed by atoms with Gasteiger partial charge in [0.2, 0.25) is 0 Å². The predicted octanol–water partition coefficient (Wildman–Crippen LogP) is 4.52. The molecule has 7 nitrogen and oxygen atoms in total. The Balaban J connectivity index is 1.65. The van der Waals surface area contributed by atoms with Gasteiger partial charge in [0, 0.05) is 18.4 Å². The van der Waals surface area contributed by atoms with Crippen molar-refractivity contribution in [2.24, 2.45) is 0 Å². The molecule has 0 fully saturated rings. The first-order valence-electron chi connectivity index (χ1n) is 10.5. The van der Waals surface area contributed by atoms with Crippen LogP contribution in [0, 0.1) is 6.92 Å². The molecular weight excluding hydrogens is 406 g/mol. The molecule has 1 aromatic heterocycles. The van der Waals surface area contributed by atoms with Crippen LogP contribution in [0.25, 0.3) is 6.08 Å². The summed E-state index contributed by atoms with van der Waals surface area (Å²) in [6.07, 6.45) is 6.49. The Morgan fingerprint density at radius 3 is 2.62 bits per heavy atom. The van der Waals surface area contributed by atoms with E-state index in [-0.39, 0.29) is 18.3 Å². The van der Waals surface area contributed by atoms with Gasteiger partial charge in [0.15, 0.2) is 23.9 Å². The second-order valence-electron chi connectivity index (χ2n) is 7.07. The first-order chi connectivity index (χ1) is 15.5. The fourth-order valence-corrected chi connectivity index (χ4v) is 2.99. The van der Waals surface area contributed by atoms with Crippen LogP contribution < -0.4 is 14.8 Å². The lowest BCUT2D eigenvalue weighted by Crippen LogP contribution is -2.20. The molecule has 2 aromatic carbocycles. The third-order valence-corrected chi connectivity index (χ3v) is 4.71. The van der Waals surface area contributed by atoms with E-state index in [1.165, 1.54) is 6.08 Å². The van der Waals surface area contributed by atoms with Crippen molar-refractivity contribution in [3.05, 3.63) is 77.6 Å². The molecule has 3 rings (SSSR count). The number of rotatable bonds is 10. The average molecular weight is 434 g/mol. The zero-order valence-electron chi connectivity index (χ0n) is 18.5. The zero-order valence-corrected chi connectivity index (χ0v) is 18.5. The van der Waals surface area contributed by atoms with Gasteiger partial charge in [-0.15, -0.1) is 0 Å². The number of carbonyl (C=O) groups is 2. The zero-order chi connectivity index (χ0) is 22.9. The Kier molecular flexibility index (Phi) is 7.80. The van der Waals surface area contributed by atoms with E-state index >= 15 is 0 Å². The van der Waals surface area contributed by atoms with Crippen LogP contribution in [0.5, 0.6) is 11.5 Å². The molecular formula is C25H27N3O4. The largest absolute Gasteiger partial charge is 0.490 e. The van der Waals surface area contributed by atoms with Gasteiger partial charge in [-0.25, -0.2) is 0 Å². The highest BCUT2D eigenvalue weighted by molar-refractivity contribution is 6.06. The lowest BCUT2D eigenvalue weighted by atomic mass is 10.1. The summed E-state index contributed by atoms with van der Waals surface area (Å²) in [4.78, 5) is 24.6. The van der Waals surface area contributed by atoms with Gasteiger partial charge in [0.05, 0.1) is 18.4 Å². The minimum absolute atomic E-state index is 0.129. The van der Waals surface area contributed by atoms with Crippen molar-refractivity contribution in [1.29, 1.82) is 0 Å². The van der Waals surface area contributed by atoms with E-state index in [2.05, 4.69) is 10.4 Å². The first-order valence-corrected chi connectivity index (χ1v) is 10.5. The number of nitrogens with zero attached hydrogens (tertiary/aromatic N) is 2. The third-order valence-electron chi connectivity index (χ3n) is 4.71. The molecule has 0 saturated carbocycles. The standard InChI is InChI=1S/C25H27N3O4/c1-4-28-16-20(15-26-28)22(29)12-10-19-11-13-23(24(14-19)31-5-2)32-17-25(30)27-21-9-7-6-8-18(21)3/h6-16H,4-5,17H2,1-3H3,(H,27,30)/b12-10+. The van der Waals surface area contributed by atoms with E-state index in [4.69, 9.17) is 9.47 Å². The number of nitrogens with one attached hydrogen (secondary N) is 1. The molecule has 0 radical (unpaired) electrons. The molecule has 1 N–H and O–H groups in total. The molecule has 0 bridgehead atoms. The van der Waals surface area contributed by atoms with E-state index in [1.54, 1.807) is 41.4 Å². The van der Waals surface area contributed by atoms with E-state index in [0.29, 0.717) is 30.2 Å². The smallest absolute Gasteiger partial charge is 0.262 e. The van der Waals surface area contributed by atoms with Crippen molar-refractivity contribution in [2.75, 3.05) is 18.5 Å². The molecule has 1 heterocycles. The van der Waals surface area contributed by atoms with Crippen molar-refractivity contribution in [1.82, 2.24) is 9.78 Å². The second-order valence-corrected chi connectivity index (χ2v) is 7.07. The van der Waals surface area contributed by atoms with Gasteiger partial charge in [-0.3, -0.25) is 14.3 Å². The number of aromatic nitrogens is 2. The van der Waals surface area contributed by atoms with Gasteiger partial charge in [0.1, 0.15) is 0 Å². The van der Waals surface area contributed by atoms with Crippen LogP contribution in [0.1, 0.15) is 35.3 Å². The summed E-state index contributed by atoms with van der Waals surface area (Å²) in [5.74, 6) is 0.573. The van der Waals surface area contributed by atoms with Crippen molar-refractivity contribution < 1.29 is 19.1 Å². The molecule has 0 spiro atoms. The molecule has 0 saturated heterocycles. The molecule has 0 aliphatic rings. The number of carbonyl (C=O) groups excluding carboxylic acids is 2. The van der Waals surface area contributed by atoms with E-state index < -0.39 is 0 Å². The Morgan fingerprint density at radius 1 is 1.09 bits per heavy atom. The first kappa shape index (κ1) is 22.8. The van der Waals surface area contributed by atoms with Crippen LogP contribution in [-0.2, 0) is 11.3 Å². The fourth-order valence-electron chi connectivity index (χ4n) is 2.99. The van der Waals surface area contributed by atoms with E-state index in [0.717, 1.165) is 16.8 Å². The summed E-state index contributed by atoms with van der Waals surface area (Å²) in [5.41, 5.74) is 3.04. The Hall–Kier alpha value is -3.87. The summed E-state index contributed by atoms with van der Waals surface area (Å²) in [7, 11) is 0. The van der Waals surface area contributed by atoms with Crippen molar-refractivity contribution >= 4 is 23.5 Å². The quantitative estimate of drug-likeness (QED) is 0.375. The minimum Gasteiger partial charge on any atom is -0.490 e. The summed E-state index contributed by atoms with van der Waals surface area (Å²) in [6, 6.07) is 12.9. The molecule has 0 aliphatic heterocycles. The number of benzene rings is 2. The normalized spacial score (nSPS) is 10.8. The summed E-state index contributed by atoms with van der Waals surface area (Å²) in [5, 5.41) is 6.96. The SMILES string of the molecule is CCOc1cc(/C=C/C(=O)c2cnn(CC)c2)ccc1OCC(=O)Nc1ccccc1C. The molecule has 3 aromatic rings. The molecule has 166 valence electrons. The van der Waals surface area contributed by atoms with Crippen LogP contribution in [0.15, 0.2) is 60.9 Å². The molecule has 0 aliphatic carbocycles. The van der Waals surface area contributed by atoms with E-state index in [9.17, 15) is 9.59 Å². The van der Waals surface area contributed by atoms with Gasteiger partial charge in [-0.2, -0.15) is 5.10 Å². The van der Waals surface area contributed by atoms with Crippen LogP contribution in [0.4, 0.5) is 5.69 Å². The topological polar surface area (TPSA) is 82.4 Å². The predicted molar refractivity (Wildman–Crippen MR) is 124 cm³/mol. The summed E-state index contributed by atoms with van der Waals surface area (Å²) < 4.78 is 13.1. The van der Waals surface area contributed by atoms with Gasteiger partial charge in [0.25, 0.3) is 5.91 Å². The van der Waals surface area contributed by atoms with Crippen molar-refractivity contribution in [2.45, 2.75) is 27.3 Å². The third kappa shape index (κ3) is 6.07. The molecule has 0 atom stereocenters. The van der Waals surface area contributed by atoms with Crippen LogP contribution in [0.2, 0.25) is 0 Å². The Bertz CT molecular complexity index is 1120. The number of para-hydroxylation sites is 1. The van der Waals surface area contributed by atoms with Crippen molar-refractivity contribution in [3.8, 4) is 11.5 Å². The number of allylic oxidation sites excluding steroid dienone is 1. The lowest BCUT2D eigenvalue weighted by Gasteiger charge is -2.13. The van der Waals surface area contributed by atoms with Crippen LogP contribution in [-0.4, -0.2) is 34.7 Å². The van der Waals surface area contributed by atoms with Gasteiger partial charge in [-0.05, 0) is 56.2 Å². The van der Waals surface area contributed by atoms with Gasteiger partial charge < -0.3 is 14.8 Å². The Morgan fingerprint density at radius 2 is 1.91 bits per heavy atom. The average Bonchev–Trinajstić information content (AvgIpc) is 3.28. The molecule has 1 amide bonds. The summed E-state index contributed by atoms with van der Waals surface area (Å²) >= 11 is 0. The van der Waals surface area contributed by atoms with E-state index in [1.807, 2.05) is 45.0 Å². The van der Waals surface area contributed by atoms with Crippen LogP contribution in [0.3, 0.4) is 0 Å². The summed E-state index contributed by atoms with van der Waals surface area (Å²) in [6.45, 7) is 6.75. The number of aryl methyl sites for hydroxylation is 2.